The molecule has 7 nitrogen and oxygen atoms in total. The number of carbonyl (C=O) groups is 2. The minimum absolute atomic E-state index is 0. The number of benzene rings is 2. The summed E-state index contributed by atoms with van der Waals surface area (Å²) in [6.45, 7) is 0.418. The van der Waals surface area contributed by atoms with Gasteiger partial charge in [0.1, 0.15) is 0 Å². The average Bonchev–Trinajstić information content (AvgIpc) is 2.67. The van der Waals surface area contributed by atoms with E-state index in [1.807, 2.05) is 18.2 Å². The van der Waals surface area contributed by atoms with E-state index in [4.69, 9.17) is 14.2 Å². The first-order valence-corrected chi connectivity index (χ1v) is 8.02. The lowest BCUT2D eigenvalue weighted by atomic mass is 10.1. The third-order valence-corrected chi connectivity index (χ3v) is 3.73. The minimum atomic E-state index is -0.508. The maximum absolute atomic E-state index is 12.1. The molecule has 0 bridgehead atoms. The second-order valence-corrected chi connectivity index (χ2v) is 5.36. The molecule has 0 atom stereocenters. The fourth-order valence-corrected chi connectivity index (χ4v) is 2.40. The number of nitrogens with one attached hydrogen (secondary N) is 2. The standard InChI is InChI=1S/C19H22N2O5.ClH/c1-24-16-9-8-13(12-17(16)25-2)10-11-20-19(23)21-15-7-5-4-6-14(15)18(22)26-3;/h4-9,12H,10-11H2,1-3H3,(H2,20,21,23);1H/p-1. The molecule has 0 fully saturated rings. The van der Waals surface area contributed by atoms with Crippen molar-refractivity contribution in [2.24, 2.45) is 0 Å². The van der Waals surface area contributed by atoms with Crippen molar-refractivity contribution in [2.75, 3.05) is 33.2 Å². The molecule has 2 amide bonds. The highest BCUT2D eigenvalue weighted by Gasteiger charge is 2.13. The second-order valence-electron chi connectivity index (χ2n) is 5.36. The normalized spacial score (nSPS) is 9.59. The first-order valence-electron chi connectivity index (χ1n) is 8.02. The SMILES string of the molecule is COC(=O)c1ccccc1NC(=O)NCCc1ccc(OC)c(OC)c1.[Cl-]. The van der Waals surface area contributed by atoms with Gasteiger partial charge in [-0.05, 0) is 36.2 Å². The van der Waals surface area contributed by atoms with Crippen LogP contribution in [-0.2, 0) is 11.2 Å². The predicted molar refractivity (Wildman–Crippen MR) is 98.1 cm³/mol. The van der Waals surface area contributed by atoms with Crippen LogP contribution < -0.4 is 32.5 Å². The lowest BCUT2D eigenvalue weighted by molar-refractivity contribution is -0.0000237. The van der Waals surface area contributed by atoms with Gasteiger partial charge in [-0.15, -0.1) is 0 Å². The molecule has 0 spiro atoms. The number of carbonyl (C=O) groups excluding carboxylic acids is 2. The van der Waals surface area contributed by atoms with Crippen LogP contribution in [0.2, 0.25) is 0 Å². The van der Waals surface area contributed by atoms with Crippen LogP contribution in [0.3, 0.4) is 0 Å². The monoisotopic (exact) mass is 393 g/mol. The fraction of sp³-hybridized carbons (Fsp3) is 0.263. The van der Waals surface area contributed by atoms with Crippen molar-refractivity contribution < 1.29 is 36.2 Å². The number of para-hydroxylation sites is 1. The molecule has 27 heavy (non-hydrogen) atoms. The van der Waals surface area contributed by atoms with E-state index in [-0.39, 0.29) is 12.4 Å². The molecule has 0 radical (unpaired) electrons. The third kappa shape index (κ3) is 6.07. The molecule has 0 saturated carbocycles. The summed E-state index contributed by atoms with van der Waals surface area (Å²) in [4.78, 5) is 23.8. The van der Waals surface area contributed by atoms with E-state index >= 15 is 0 Å². The third-order valence-electron chi connectivity index (χ3n) is 3.73. The molecule has 0 aromatic heterocycles. The van der Waals surface area contributed by atoms with Gasteiger partial charge in [0.25, 0.3) is 0 Å². The molecule has 0 saturated heterocycles. The number of esters is 1. The van der Waals surface area contributed by atoms with Crippen LogP contribution in [0.5, 0.6) is 11.5 Å². The highest BCUT2D eigenvalue weighted by Crippen LogP contribution is 2.27. The van der Waals surface area contributed by atoms with Crippen LogP contribution in [0.1, 0.15) is 15.9 Å². The Morgan fingerprint density at radius 1 is 0.963 bits per heavy atom. The van der Waals surface area contributed by atoms with E-state index in [2.05, 4.69) is 10.6 Å². The summed E-state index contributed by atoms with van der Waals surface area (Å²) in [5.74, 6) is 0.786. The summed E-state index contributed by atoms with van der Waals surface area (Å²) >= 11 is 0. The highest BCUT2D eigenvalue weighted by molar-refractivity contribution is 6.00. The Balaban J connectivity index is 0.00000364. The first-order chi connectivity index (χ1) is 12.6. The molecule has 0 aliphatic carbocycles. The van der Waals surface area contributed by atoms with Gasteiger partial charge in [-0.3, -0.25) is 0 Å². The molecular formula is C19H22ClN2O5-. The van der Waals surface area contributed by atoms with Crippen molar-refractivity contribution >= 4 is 17.7 Å². The van der Waals surface area contributed by atoms with Crippen molar-refractivity contribution in [3.05, 3.63) is 53.6 Å². The number of urea groups is 1. The number of halogens is 1. The molecular weight excluding hydrogens is 372 g/mol. The summed E-state index contributed by atoms with van der Waals surface area (Å²) in [7, 11) is 4.45. The van der Waals surface area contributed by atoms with Gasteiger partial charge in [-0.25, -0.2) is 9.59 Å². The summed E-state index contributed by atoms with van der Waals surface area (Å²) in [6.07, 6.45) is 0.617. The van der Waals surface area contributed by atoms with Crippen LogP contribution in [0.25, 0.3) is 0 Å². The van der Waals surface area contributed by atoms with Crippen molar-refractivity contribution in [2.45, 2.75) is 6.42 Å². The lowest BCUT2D eigenvalue weighted by Crippen LogP contribution is -3.00. The predicted octanol–water partition coefficient (Wildman–Crippen LogP) is -0.141. The van der Waals surface area contributed by atoms with Gasteiger partial charge in [0.05, 0.1) is 32.6 Å². The average molecular weight is 394 g/mol. The summed E-state index contributed by atoms with van der Waals surface area (Å²) in [5, 5.41) is 5.41. The van der Waals surface area contributed by atoms with Gasteiger partial charge >= 0.3 is 12.0 Å². The number of methoxy groups -OCH3 is 3. The van der Waals surface area contributed by atoms with Gasteiger partial charge in [0.15, 0.2) is 11.5 Å². The minimum Gasteiger partial charge on any atom is -1.00 e. The van der Waals surface area contributed by atoms with E-state index in [1.54, 1.807) is 38.5 Å². The molecule has 2 aromatic carbocycles. The van der Waals surface area contributed by atoms with Crippen LogP contribution in [0.4, 0.5) is 10.5 Å². The second kappa shape index (κ2) is 10.9. The molecule has 0 aliphatic heterocycles. The Bertz CT molecular complexity index is 782. The van der Waals surface area contributed by atoms with Crippen LogP contribution >= 0.6 is 0 Å². The smallest absolute Gasteiger partial charge is 0.339 e. The van der Waals surface area contributed by atoms with Gasteiger partial charge in [-0.2, -0.15) is 0 Å². The van der Waals surface area contributed by atoms with Crippen molar-refractivity contribution in [3.63, 3.8) is 0 Å². The zero-order valence-electron chi connectivity index (χ0n) is 15.4. The van der Waals surface area contributed by atoms with Crippen LogP contribution in [0.15, 0.2) is 42.5 Å². The highest BCUT2D eigenvalue weighted by atomic mass is 35.5. The molecule has 2 N–H and O–H groups in total. The molecule has 0 heterocycles. The zero-order chi connectivity index (χ0) is 18.9. The maximum Gasteiger partial charge on any atom is 0.339 e. The number of ether oxygens (including phenoxy) is 3. The molecule has 146 valence electrons. The Kier molecular flexibility index (Phi) is 8.95. The molecule has 0 aliphatic rings. The molecule has 0 unspecified atom stereocenters. The number of anilines is 1. The first kappa shape index (κ1) is 22.1. The largest absolute Gasteiger partial charge is 1.00 e. The van der Waals surface area contributed by atoms with E-state index in [0.29, 0.717) is 35.7 Å². The van der Waals surface area contributed by atoms with Crippen molar-refractivity contribution in [1.82, 2.24) is 5.32 Å². The number of rotatable bonds is 7. The van der Waals surface area contributed by atoms with E-state index in [1.165, 1.54) is 7.11 Å². The number of amides is 2. The zero-order valence-corrected chi connectivity index (χ0v) is 16.1. The topological polar surface area (TPSA) is 85.9 Å². The van der Waals surface area contributed by atoms with Gasteiger partial charge < -0.3 is 37.3 Å². The Morgan fingerprint density at radius 2 is 1.67 bits per heavy atom. The van der Waals surface area contributed by atoms with Gasteiger partial charge in [0.2, 0.25) is 0 Å². The van der Waals surface area contributed by atoms with Crippen molar-refractivity contribution in [1.29, 1.82) is 0 Å². The van der Waals surface area contributed by atoms with Crippen LogP contribution in [0, 0.1) is 0 Å². The summed E-state index contributed by atoms with van der Waals surface area (Å²) in [5.41, 5.74) is 1.69. The summed E-state index contributed by atoms with van der Waals surface area (Å²) < 4.78 is 15.2. The van der Waals surface area contributed by atoms with Crippen molar-refractivity contribution in [3.8, 4) is 11.5 Å². The maximum atomic E-state index is 12.1. The Morgan fingerprint density at radius 3 is 2.33 bits per heavy atom. The van der Waals surface area contributed by atoms with E-state index in [9.17, 15) is 9.59 Å². The number of hydrogen-bond acceptors (Lipinski definition) is 5. The van der Waals surface area contributed by atoms with Gasteiger partial charge in [-0.1, -0.05) is 18.2 Å². The molecule has 2 rings (SSSR count). The van der Waals surface area contributed by atoms with E-state index in [0.717, 1.165) is 5.56 Å². The summed E-state index contributed by atoms with van der Waals surface area (Å²) in [6, 6.07) is 11.9. The number of hydrogen-bond donors (Lipinski definition) is 2. The van der Waals surface area contributed by atoms with Crippen LogP contribution in [-0.4, -0.2) is 39.9 Å². The Labute approximate surface area is 164 Å². The Hall–Kier alpha value is -2.93. The molecule has 8 heteroatoms. The van der Waals surface area contributed by atoms with E-state index < -0.39 is 12.0 Å². The molecule has 2 aromatic rings. The lowest BCUT2D eigenvalue weighted by Gasteiger charge is -2.12. The quantitative estimate of drug-likeness (QED) is 0.639. The van der Waals surface area contributed by atoms with Gasteiger partial charge in [0, 0.05) is 6.54 Å². The fourth-order valence-electron chi connectivity index (χ4n) is 2.40.